The van der Waals surface area contributed by atoms with Gasteiger partial charge in [-0.05, 0) is 24.3 Å². The molecule has 1 heterocycles. The van der Waals surface area contributed by atoms with Crippen molar-refractivity contribution in [2.75, 3.05) is 19.8 Å². The highest BCUT2D eigenvalue weighted by molar-refractivity contribution is 6.30. The van der Waals surface area contributed by atoms with Crippen LogP contribution in [0.1, 0.15) is 10.4 Å². The van der Waals surface area contributed by atoms with Crippen molar-refractivity contribution in [2.45, 2.75) is 0 Å². The lowest BCUT2D eigenvalue weighted by atomic mass is 10.1. The maximum Gasteiger partial charge on any atom is 0.255 e. The van der Waals surface area contributed by atoms with Crippen molar-refractivity contribution >= 4 is 29.2 Å². The Hall–Kier alpha value is -1.72. The van der Waals surface area contributed by atoms with Crippen molar-refractivity contribution in [2.24, 2.45) is 0 Å². The number of benzene rings is 1. The summed E-state index contributed by atoms with van der Waals surface area (Å²) in [6.07, 6.45) is 0. The molecule has 0 spiro atoms. The molecule has 2 rings (SSSR count). The molecule has 0 radical (unpaired) electrons. The number of rotatable bonds is 3. The van der Waals surface area contributed by atoms with E-state index in [1.54, 1.807) is 24.3 Å². The van der Waals surface area contributed by atoms with E-state index >= 15 is 0 Å². The summed E-state index contributed by atoms with van der Waals surface area (Å²) >= 11 is 5.71. The molecule has 1 fully saturated rings. The van der Waals surface area contributed by atoms with E-state index in [4.69, 9.17) is 16.3 Å². The van der Waals surface area contributed by atoms with Gasteiger partial charge in [0.25, 0.3) is 11.8 Å². The number of imide groups is 1. The standard InChI is InChI=1S/C12H10ClNO4/c13-9-3-1-8(2-4-9)10(15)5-14-11(16)6-18-7-12(14)17/h1-4H,5-7H2. The number of ether oxygens (including phenoxy) is 1. The number of hydrogen-bond donors (Lipinski definition) is 0. The predicted octanol–water partition coefficient (Wildman–Crippen LogP) is 0.908. The zero-order valence-corrected chi connectivity index (χ0v) is 10.1. The zero-order valence-electron chi connectivity index (χ0n) is 9.39. The molecule has 1 aliphatic heterocycles. The van der Waals surface area contributed by atoms with Crippen LogP contribution in [-0.2, 0) is 14.3 Å². The minimum atomic E-state index is -0.492. The largest absolute Gasteiger partial charge is 0.362 e. The molecule has 1 aliphatic rings. The molecular weight excluding hydrogens is 258 g/mol. The second kappa shape index (κ2) is 5.29. The quantitative estimate of drug-likeness (QED) is 0.603. The minimum absolute atomic E-state index is 0.167. The van der Waals surface area contributed by atoms with Gasteiger partial charge in [0.2, 0.25) is 0 Å². The van der Waals surface area contributed by atoms with Crippen LogP contribution in [-0.4, -0.2) is 42.3 Å². The number of carbonyl (C=O) groups excluding carboxylic acids is 3. The fourth-order valence-corrected chi connectivity index (χ4v) is 1.69. The Bertz CT molecular complexity index is 481. The smallest absolute Gasteiger partial charge is 0.255 e. The summed E-state index contributed by atoms with van der Waals surface area (Å²) < 4.78 is 4.76. The number of halogens is 1. The average molecular weight is 268 g/mol. The Kier molecular flexibility index (Phi) is 3.74. The maximum atomic E-state index is 11.9. The second-order valence-corrected chi connectivity index (χ2v) is 4.23. The molecule has 2 amide bonds. The van der Waals surface area contributed by atoms with Gasteiger partial charge in [-0.1, -0.05) is 11.6 Å². The summed E-state index contributed by atoms with van der Waals surface area (Å²) in [4.78, 5) is 35.7. The molecule has 0 N–H and O–H groups in total. The number of ketones is 1. The second-order valence-electron chi connectivity index (χ2n) is 3.80. The van der Waals surface area contributed by atoms with Gasteiger partial charge in [0.1, 0.15) is 13.2 Å². The first-order valence-corrected chi connectivity index (χ1v) is 5.65. The normalized spacial score (nSPS) is 15.9. The van der Waals surface area contributed by atoms with E-state index < -0.39 is 11.8 Å². The van der Waals surface area contributed by atoms with Crippen LogP contribution in [0.25, 0.3) is 0 Å². The van der Waals surface area contributed by atoms with Crippen LogP contribution in [0.2, 0.25) is 5.02 Å². The zero-order chi connectivity index (χ0) is 13.1. The average Bonchev–Trinajstić information content (AvgIpc) is 2.34. The molecule has 0 unspecified atom stereocenters. The lowest BCUT2D eigenvalue weighted by molar-refractivity contribution is -0.157. The minimum Gasteiger partial charge on any atom is -0.362 e. The third-order valence-electron chi connectivity index (χ3n) is 2.52. The Morgan fingerprint density at radius 1 is 1.17 bits per heavy atom. The molecular formula is C12H10ClNO4. The molecule has 18 heavy (non-hydrogen) atoms. The van der Waals surface area contributed by atoms with Crippen LogP contribution in [0.4, 0.5) is 0 Å². The number of hydrogen-bond acceptors (Lipinski definition) is 4. The fourth-order valence-electron chi connectivity index (χ4n) is 1.57. The van der Waals surface area contributed by atoms with Crippen molar-refractivity contribution in [3.63, 3.8) is 0 Å². The number of carbonyl (C=O) groups is 3. The highest BCUT2D eigenvalue weighted by Gasteiger charge is 2.28. The van der Waals surface area contributed by atoms with E-state index in [9.17, 15) is 14.4 Å². The Morgan fingerprint density at radius 3 is 2.28 bits per heavy atom. The van der Waals surface area contributed by atoms with Crippen LogP contribution in [0, 0.1) is 0 Å². The van der Waals surface area contributed by atoms with Gasteiger partial charge < -0.3 is 4.74 Å². The fraction of sp³-hybridized carbons (Fsp3) is 0.250. The van der Waals surface area contributed by atoms with Gasteiger partial charge in [-0.25, -0.2) is 0 Å². The number of nitrogens with zero attached hydrogens (tertiary/aromatic N) is 1. The van der Waals surface area contributed by atoms with E-state index in [1.165, 1.54) is 0 Å². The first-order chi connectivity index (χ1) is 8.58. The molecule has 94 valence electrons. The van der Waals surface area contributed by atoms with E-state index in [1.807, 2.05) is 0 Å². The third-order valence-corrected chi connectivity index (χ3v) is 2.77. The topological polar surface area (TPSA) is 63.7 Å². The molecule has 1 aromatic carbocycles. The van der Waals surface area contributed by atoms with Crippen molar-refractivity contribution < 1.29 is 19.1 Å². The molecule has 0 aliphatic carbocycles. The van der Waals surface area contributed by atoms with Crippen LogP contribution in [0.3, 0.4) is 0 Å². The molecule has 0 atom stereocenters. The third kappa shape index (κ3) is 2.75. The number of amides is 2. The first-order valence-electron chi connectivity index (χ1n) is 5.27. The lowest BCUT2D eigenvalue weighted by Gasteiger charge is -2.24. The maximum absolute atomic E-state index is 11.9. The van der Waals surface area contributed by atoms with Crippen LogP contribution in [0.15, 0.2) is 24.3 Å². The monoisotopic (exact) mass is 267 g/mol. The van der Waals surface area contributed by atoms with Gasteiger partial charge >= 0.3 is 0 Å². The van der Waals surface area contributed by atoms with Gasteiger partial charge in [0.15, 0.2) is 5.78 Å². The Labute approximate surface area is 108 Å². The van der Waals surface area contributed by atoms with Crippen molar-refractivity contribution in [1.29, 1.82) is 0 Å². The Balaban J connectivity index is 2.08. The SMILES string of the molecule is O=C(CN1C(=O)COCC1=O)c1ccc(Cl)cc1. The molecule has 1 saturated heterocycles. The van der Waals surface area contributed by atoms with Gasteiger partial charge in [-0.3, -0.25) is 19.3 Å². The van der Waals surface area contributed by atoms with Gasteiger partial charge in [-0.15, -0.1) is 0 Å². The summed E-state index contributed by atoms with van der Waals surface area (Å²) in [5.41, 5.74) is 0.409. The molecule has 0 bridgehead atoms. The lowest BCUT2D eigenvalue weighted by Crippen LogP contribution is -2.48. The van der Waals surface area contributed by atoms with E-state index in [0.29, 0.717) is 10.6 Å². The van der Waals surface area contributed by atoms with Gasteiger partial charge in [0, 0.05) is 10.6 Å². The van der Waals surface area contributed by atoms with Crippen LogP contribution < -0.4 is 0 Å². The predicted molar refractivity (Wildman–Crippen MR) is 63.3 cm³/mol. The van der Waals surface area contributed by atoms with Crippen molar-refractivity contribution in [3.8, 4) is 0 Å². The number of Topliss-reactive ketones (excluding diaryl/α,β-unsaturated/α-hetero) is 1. The molecule has 0 aromatic heterocycles. The van der Waals surface area contributed by atoms with Gasteiger partial charge in [0.05, 0.1) is 6.54 Å². The number of morpholine rings is 1. The summed E-state index contributed by atoms with van der Waals surface area (Å²) in [5.74, 6) is -1.29. The summed E-state index contributed by atoms with van der Waals surface area (Å²) in [7, 11) is 0. The van der Waals surface area contributed by atoms with E-state index in [2.05, 4.69) is 0 Å². The summed E-state index contributed by atoms with van der Waals surface area (Å²) in [6, 6.07) is 6.27. The van der Waals surface area contributed by atoms with E-state index in [0.717, 1.165) is 4.90 Å². The molecule has 1 aromatic rings. The summed E-state index contributed by atoms with van der Waals surface area (Å²) in [6.45, 7) is -0.595. The highest BCUT2D eigenvalue weighted by atomic mass is 35.5. The van der Waals surface area contributed by atoms with E-state index in [-0.39, 0.29) is 25.5 Å². The van der Waals surface area contributed by atoms with Gasteiger partial charge in [-0.2, -0.15) is 0 Å². The molecule has 6 heteroatoms. The van der Waals surface area contributed by atoms with Crippen molar-refractivity contribution in [3.05, 3.63) is 34.9 Å². The molecule has 5 nitrogen and oxygen atoms in total. The summed E-state index contributed by atoms with van der Waals surface area (Å²) in [5, 5.41) is 0.519. The van der Waals surface area contributed by atoms with Crippen LogP contribution >= 0.6 is 11.6 Å². The van der Waals surface area contributed by atoms with Crippen LogP contribution in [0.5, 0.6) is 0 Å². The first kappa shape index (κ1) is 12.7. The molecule has 0 saturated carbocycles. The Morgan fingerprint density at radius 2 is 1.72 bits per heavy atom. The highest BCUT2D eigenvalue weighted by Crippen LogP contribution is 2.11. The van der Waals surface area contributed by atoms with Crippen molar-refractivity contribution in [1.82, 2.24) is 4.90 Å².